The van der Waals surface area contributed by atoms with E-state index in [1.165, 1.54) is 0 Å². The summed E-state index contributed by atoms with van der Waals surface area (Å²) < 4.78 is 5.03. The Bertz CT molecular complexity index is 323. The third-order valence-electron chi connectivity index (χ3n) is 1.99. The van der Waals surface area contributed by atoms with Gasteiger partial charge in [-0.1, -0.05) is 12.2 Å². The molecule has 110 valence electrons. The van der Waals surface area contributed by atoms with Crippen LogP contribution in [0.3, 0.4) is 0 Å². The molecule has 0 aliphatic heterocycles. The molecule has 2 N–H and O–H groups in total. The van der Waals surface area contributed by atoms with Crippen LogP contribution in [0.15, 0.2) is 12.2 Å². The number of nitrogens with one attached hydrogen (secondary N) is 1. The van der Waals surface area contributed by atoms with Crippen LogP contribution in [0.1, 0.15) is 34.1 Å². The number of carbonyl (C=O) groups is 2. The molecule has 19 heavy (non-hydrogen) atoms. The van der Waals surface area contributed by atoms with Gasteiger partial charge in [-0.3, -0.25) is 0 Å². The molecule has 5 nitrogen and oxygen atoms in total. The fourth-order valence-corrected chi connectivity index (χ4v) is 2.05. The lowest BCUT2D eigenvalue weighted by Gasteiger charge is -2.21. The van der Waals surface area contributed by atoms with Crippen molar-refractivity contribution in [2.45, 2.75) is 45.8 Å². The van der Waals surface area contributed by atoms with E-state index >= 15 is 0 Å². The summed E-state index contributed by atoms with van der Waals surface area (Å²) in [6.07, 6.45) is 3.62. The van der Waals surface area contributed by atoms with E-state index in [1.807, 2.05) is 19.1 Å². The minimum atomic E-state index is -1.04. The van der Waals surface area contributed by atoms with E-state index < -0.39 is 23.7 Å². The van der Waals surface area contributed by atoms with Gasteiger partial charge in [0.25, 0.3) is 0 Å². The van der Waals surface area contributed by atoms with E-state index in [4.69, 9.17) is 9.84 Å². The van der Waals surface area contributed by atoms with Gasteiger partial charge in [0.2, 0.25) is 0 Å². The SMILES string of the molecule is CC=CCSCCC(NC(=O)OC(C)(C)C)C(=O)O. The molecule has 0 heterocycles. The monoisotopic (exact) mass is 289 g/mol. The van der Waals surface area contributed by atoms with Gasteiger partial charge >= 0.3 is 12.1 Å². The van der Waals surface area contributed by atoms with Crippen molar-refractivity contribution in [3.8, 4) is 0 Å². The maximum absolute atomic E-state index is 11.5. The number of carboxylic acid groups (broad SMARTS) is 1. The van der Waals surface area contributed by atoms with E-state index in [2.05, 4.69) is 5.32 Å². The van der Waals surface area contributed by atoms with Gasteiger partial charge in [0.15, 0.2) is 0 Å². The summed E-state index contributed by atoms with van der Waals surface area (Å²) in [7, 11) is 0. The Hall–Kier alpha value is -1.17. The number of ether oxygens (including phenoxy) is 1. The number of rotatable bonds is 7. The molecule has 0 rings (SSSR count). The van der Waals surface area contributed by atoms with Gasteiger partial charge in [0, 0.05) is 5.75 Å². The molecular weight excluding hydrogens is 266 g/mol. The fraction of sp³-hybridized carbons (Fsp3) is 0.692. The first-order valence-electron chi connectivity index (χ1n) is 6.17. The Balaban J connectivity index is 4.12. The van der Waals surface area contributed by atoms with Crippen LogP contribution in [0, 0.1) is 0 Å². The highest BCUT2D eigenvalue weighted by atomic mass is 32.2. The summed E-state index contributed by atoms with van der Waals surface area (Å²) >= 11 is 1.62. The predicted molar refractivity (Wildman–Crippen MR) is 77.5 cm³/mol. The summed E-state index contributed by atoms with van der Waals surface area (Å²) in [6.45, 7) is 7.13. The quantitative estimate of drug-likeness (QED) is 0.556. The number of carboxylic acids is 1. The molecule has 0 saturated carbocycles. The minimum absolute atomic E-state index is 0.372. The van der Waals surface area contributed by atoms with Crippen LogP contribution in [-0.2, 0) is 9.53 Å². The number of amides is 1. The molecule has 1 amide bonds. The smallest absolute Gasteiger partial charge is 0.408 e. The first kappa shape index (κ1) is 17.8. The third kappa shape index (κ3) is 10.4. The lowest BCUT2D eigenvalue weighted by Crippen LogP contribution is -2.43. The average Bonchev–Trinajstić information content (AvgIpc) is 2.24. The number of carbonyl (C=O) groups excluding carboxylic acids is 1. The van der Waals surface area contributed by atoms with Crippen molar-refractivity contribution in [1.29, 1.82) is 0 Å². The first-order valence-corrected chi connectivity index (χ1v) is 7.33. The highest BCUT2D eigenvalue weighted by Crippen LogP contribution is 2.09. The Morgan fingerprint density at radius 3 is 2.53 bits per heavy atom. The zero-order valence-corrected chi connectivity index (χ0v) is 12.8. The third-order valence-corrected chi connectivity index (χ3v) is 2.94. The number of hydrogen-bond donors (Lipinski definition) is 2. The zero-order chi connectivity index (χ0) is 14.9. The molecule has 0 fully saturated rings. The van der Waals surface area contributed by atoms with Gasteiger partial charge in [0.05, 0.1) is 0 Å². The van der Waals surface area contributed by atoms with Gasteiger partial charge in [0.1, 0.15) is 11.6 Å². The van der Waals surface area contributed by atoms with Gasteiger partial charge in [-0.25, -0.2) is 9.59 Å². The van der Waals surface area contributed by atoms with E-state index in [0.29, 0.717) is 12.2 Å². The van der Waals surface area contributed by atoms with E-state index in [9.17, 15) is 9.59 Å². The van der Waals surface area contributed by atoms with E-state index in [-0.39, 0.29) is 0 Å². The Morgan fingerprint density at radius 1 is 1.42 bits per heavy atom. The van der Waals surface area contributed by atoms with Crippen molar-refractivity contribution >= 4 is 23.8 Å². The van der Waals surface area contributed by atoms with Crippen LogP contribution in [-0.4, -0.2) is 40.3 Å². The largest absolute Gasteiger partial charge is 0.480 e. The van der Waals surface area contributed by atoms with Crippen LogP contribution in [0.25, 0.3) is 0 Å². The summed E-state index contributed by atoms with van der Waals surface area (Å²) in [5.41, 5.74) is -0.631. The maximum atomic E-state index is 11.5. The number of alkyl carbamates (subject to hydrolysis) is 1. The van der Waals surface area contributed by atoms with Gasteiger partial charge in [-0.05, 0) is 39.9 Å². The molecule has 0 radical (unpaired) electrons. The second-order valence-electron chi connectivity index (χ2n) is 4.97. The van der Waals surface area contributed by atoms with Gasteiger partial charge in [-0.15, -0.1) is 0 Å². The van der Waals surface area contributed by atoms with Gasteiger partial charge < -0.3 is 15.2 Å². The molecule has 6 heteroatoms. The minimum Gasteiger partial charge on any atom is -0.480 e. The average molecular weight is 289 g/mol. The Labute approximate surface area is 118 Å². The number of hydrogen-bond acceptors (Lipinski definition) is 4. The topological polar surface area (TPSA) is 75.6 Å². The van der Waals surface area contributed by atoms with Crippen LogP contribution in [0.5, 0.6) is 0 Å². The summed E-state index contributed by atoms with van der Waals surface area (Å²) in [4.78, 5) is 22.5. The van der Waals surface area contributed by atoms with Crippen LogP contribution < -0.4 is 5.32 Å². The van der Waals surface area contributed by atoms with Crippen molar-refractivity contribution < 1.29 is 19.4 Å². The molecule has 0 aliphatic rings. The van der Waals surface area contributed by atoms with Crippen LogP contribution in [0.2, 0.25) is 0 Å². The molecule has 0 aliphatic carbocycles. The molecule has 0 bridgehead atoms. The molecular formula is C13H23NO4S. The maximum Gasteiger partial charge on any atom is 0.408 e. The number of allylic oxidation sites excluding steroid dienone is 1. The van der Waals surface area contributed by atoms with Crippen LogP contribution in [0.4, 0.5) is 4.79 Å². The molecule has 1 atom stereocenters. The lowest BCUT2D eigenvalue weighted by molar-refractivity contribution is -0.139. The van der Waals surface area contributed by atoms with E-state index in [0.717, 1.165) is 5.75 Å². The van der Waals surface area contributed by atoms with Crippen LogP contribution >= 0.6 is 11.8 Å². The molecule has 0 aromatic heterocycles. The predicted octanol–water partition coefficient (Wildman–Crippen LogP) is 2.66. The summed E-state index contributed by atoms with van der Waals surface area (Å²) in [5.74, 6) is 0.462. The van der Waals surface area contributed by atoms with E-state index in [1.54, 1.807) is 32.5 Å². The molecule has 1 unspecified atom stereocenters. The Kier molecular flexibility index (Phi) is 8.30. The second kappa shape index (κ2) is 8.85. The molecule has 0 aromatic carbocycles. The lowest BCUT2D eigenvalue weighted by atomic mass is 10.2. The fourth-order valence-electron chi connectivity index (χ4n) is 1.16. The normalized spacial score (nSPS) is 13.3. The van der Waals surface area contributed by atoms with Crippen molar-refractivity contribution in [2.75, 3.05) is 11.5 Å². The summed E-state index contributed by atoms with van der Waals surface area (Å²) in [6, 6.07) is -0.909. The summed E-state index contributed by atoms with van der Waals surface area (Å²) in [5, 5.41) is 11.4. The highest BCUT2D eigenvalue weighted by molar-refractivity contribution is 7.99. The van der Waals surface area contributed by atoms with Gasteiger partial charge in [-0.2, -0.15) is 11.8 Å². The number of thioether (sulfide) groups is 1. The molecule has 0 aromatic rings. The van der Waals surface area contributed by atoms with Crippen molar-refractivity contribution in [2.24, 2.45) is 0 Å². The van der Waals surface area contributed by atoms with Crippen molar-refractivity contribution in [3.63, 3.8) is 0 Å². The Morgan fingerprint density at radius 2 is 2.05 bits per heavy atom. The zero-order valence-electron chi connectivity index (χ0n) is 11.9. The van der Waals surface area contributed by atoms with Crippen molar-refractivity contribution in [1.82, 2.24) is 5.32 Å². The molecule has 0 spiro atoms. The highest BCUT2D eigenvalue weighted by Gasteiger charge is 2.23. The molecule has 0 saturated heterocycles. The number of aliphatic carboxylic acids is 1. The van der Waals surface area contributed by atoms with Crippen molar-refractivity contribution in [3.05, 3.63) is 12.2 Å². The second-order valence-corrected chi connectivity index (χ2v) is 6.12. The standard InChI is InChI=1S/C13H23NO4S/c1-5-6-8-19-9-7-10(11(15)16)14-12(17)18-13(2,3)4/h5-6,10H,7-9H2,1-4H3,(H,14,17)(H,15,16). The first-order chi connectivity index (χ1) is 8.76.